The van der Waals surface area contributed by atoms with E-state index in [1.54, 1.807) is 13.8 Å². The molecule has 7 nitrogen and oxygen atoms in total. The number of benzene rings is 1. The number of hydrogen-bond acceptors (Lipinski definition) is 5. The molecule has 2 unspecified atom stereocenters. The Hall–Kier alpha value is -2.70. The summed E-state index contributed by atoms with van der Waals surface area (Å²) in [7, 11) is 0. The number of non-ortho nitro benzene ring substituents is 1. The Bertz CT molecular complexity index is 812. The van der Waals surface area contributed by atoms with Crippen LogP contribution < -0.4 is 5.56 Å². The van der Waals surface area contributed by atoms with Crippen molar-refractivity contribution in [2.75, 3.05) is 0 Å². The predicted octanol–water partition coefficient (Wildman–Crippen LogP) is 2.81. The summed E-state index contributed by atoms with van der Waals surface area (Å²) in [5.41, 5.74) is 0.0224. The number of esters is 1. The summed E-state index contributed by atoms with van der Waals surface area (Å²) >= 11 is 0. The van der Waals surface area contributed by atoms with Crippen LogP contribution in [0.2, 0.25) is 0 Å². The quantitative estimate of drug-likeness (QED) is 0.480. The molecule has 1 aromatic heterocycles. The van der Waals surface area contributed by atoms with Crippen molar-refractivity contribution in [3.8, 4) is 0 Å². The molecule has 7 heteroatoms. The largest absolute Gasteiger partial charge is 0.461 e. The fraction of sp³-hybridized carbons (Fsp3) is 0.375. The van der Waals surface area contributed by atoms with Crippen molar-refractivity contribution in [1.82, 2.24) is 4.57 Å². The Balaban J connectivity index is 2.51. The molecule has 0 spiro atoms. The number of nitro benzene ring substituents is 1. The van der Waals surface area contributed by atoms with Gasteiger partial charge in [-0.1, -0.05) is 6.92 Å². The number of nitrogens with zero attached hydrogens (tertiary/aromatic N) is 2. The highest BCUT2D eigenvalue weighted by Crippen LogP contribution is 2.22. The summed E-state index contributed by atoms with van der Waals surface area (Å²) in [5, 5.41) is 11.4. The minimum Gasteiger partial charge on any atom is -0.461 e. The molecule has 0 radical (unpaired) electrons. The number of rotatable bonds is 5. The van der Waals surface area contributed by atoms with Crippen molar-refractivity contribution in [2.45, 2.75) is 39.3 Å². The minimum absolute atomic E-state index is 0.0717. The molecule has 0 aliphatic heterocycles. The summed E-state index contributed by atoms with van der Waals surface area (Å²) < 4.78 is 6.57. The predicted molar refractivity (Wildman–Crippen MR) is 85.4 cm³/mol. The van der Waals surface area contributed by atoms with E-state index < -0.39 is 16.9 Å². The highest BCUT2D eigenvalue weighted by atomic mass is 16.6. The first-order valence-electron chi connectivity index (χ1n) is 7.35. The molecule has 1 aromatic carbocycles. The van der Waals surface area contributed by atoms with Gasteiger partial charge in [-0.25, -0.2) is 4.79 Å². The zero-order valence-electron chi connectivity index (χ0n) is 13.2. The lowest BCUT2D eigenvalue weighted by Gasteiger charge is -2.19. The van der Waals surface area contributed by atoms with E-state index in [1.165, 1.54) is 34.9 Å². The average molecular weight is 318 g/mol. The van der Waals surface area contributed by atoms with Gasteiger partial charge in [0.15, 0.2) is 0 Å². The van der Waals surface area contributed by atoms with Gasteiger partial charge < -0.3 is 4.74 Å². The van der Waals surface area contributed by atoms with E-state index in [4.69, 9.17) is 4.74 Å². The summed E-state index contributed by atoms with van der Waals surface area (Å²) in [4.78, 5) is 34.7. The Kier molecular flexibility index (Phi) is 4.78. The molecule has 0 fully saturated rings. The first kappa shape index (κ1) is 16.7. The lowest BCUT2D eigenvalue weighted by atomic mass is 10.1. The van der Waals surface area contributed by atoms with E-state index in [0.29, 0.717) is 17.3 Å². The van der Waals surface area contributed by atoms with Gasteiger partial charge >= 0.3 is 5.97 Å². The fourth-order valence-corrected chi connectivity index (χ4v) is 2.25. The average Bonchev–Trinajstić information content (AvgIpc) is 2.53. The first-order chi connectivity index (χ1) is 10.8. The summed E-state index contributed by atoms with van der Waals surface area (Å²) in [5.74, 6) is -0.507. The summed E-state index contributed by atoms with van der Waals surface area (Å²) in [6.07, 6.45) is 0.437. The van der Waals surface area contributed by atoms with Crippen LogP contribution in [0.15, 0.2) is 35.1 Å². The maximum atomic E-state index is 12.2. The van der Waals surface area contributed by atoms with Crippen molar-refractivity contribution < 1.29 is 14.5 Å². The first-order valence-corrected chi connectivity index (χ1v) is 7.35. The van der Waals surface area contributed by atoms with Crippen molar-refractivity contribution in [2.24, 2.45) is 0 Å². The zero-order chi connectivity index (χ0) is 17.1. The minimum atomic E-state index is -0.818. The number of ether oxygens (including phenoxy) is 1. The van der Waals surface area contributed by atoms with E-state index in [9.17, 15) is 19.7 Å². The van der Waals surface area contributed by atoms with Crippen LogP contribution in [0.1, 0.15) is 33.2 Å². The molecule has 0 saturated carbocycles. The highest BCUT2D eigenvalue weighted by molar-refractivity contribution is 5.84. The number of pyridine rings is 1. The Labute approximate surface area is 132 Å². The normalized spacial score (nSPS) is 13.5. The van der Waals surface area contributed by atoms with Crippen molar-refractivity contribution in [1.29, 1.82) is 0 Å². The van der Waals surface area contributed by atoms with Gasteiger partial charge in [-0.05, 0) is 32.4 Å². The van der Waals surface area contributed by atoms with Gasteiger partial charge in [0.25, 0.3) is 11.2 Å². The van der Waals surface area contributed by atoms with Crippen LogP contribution in [0, 0.1) is 10.1 Å². The van der Waals surface area contributed by atoms with Crippen LogP contribution in [0.25, 0.3) is 10.9 Å². The molecule has 0 N–H and O–H groups in total. The van der Waals surface area contributed by atoms with Crippen LogP contribution in [-0.4, -0.2) is 21.6 Å². The van der Waals surface area contributed by atoms with Gasteiger partial charge in [-0.2, -0.15) is 0 Å². The maximum absolute atomic E-state index is 12.2. The third-order valence-electron chi connectivity index (χ3n) is 3.75. The molecule has 23 heavy (non-hydrogen) atoms. The molecule has 2 aromatic rings. The second kappa shape index (κ2) is 6.60. The topological polar surface area (TPSA) is 91.4 Å². The maximum Gasteiger partial charge on any atom is 0.329 e. The lowest BCUT2D eigenvalue weighted by molar-refractivity contribution is -0.384. The van der Waals surface area contributed by atoms with Crippen LogP contribution in [0.3, 0.4) is 0 Å². The summed E-state index contributed by atoms with van der Waals surface area (Å²) in [6, 6.07) is 6.14. The van der Waals surface area contributed by atoms with Gasteiger partial charge in [0.1, 0.15) is 6.04 Å². The highest BCUT2D eigenvalue weighted by Gasteiger charge is 2.21. The van der Waals surface area contributed by atoms with Crippen molar-refractivity contribution >= 4 is 22.6 Å². The van der Waals surface area contributed by atoms with Crippen LogP contribution >= 0.6 is 0 Å². The van der Waals surface area contributed by atoms with Gasteiger partial charge in [0.2, 0.25) is 0 Å². The molecule has 0 aliphatic rings. The monoisotopic (exact) mass is 318 g/mol. The third-order valence-corrected chi connectivity index (χ3v) is 3.75. The Morgan fingerprint density at radius 1 is 1.30 bits per heavy atom. The number of hydrogen-bond donors (Lipinski definition) is 0. The van der Waals surface area contributed by atoms with Crippen LogP contribution in [0.5, 0.6) is 0 Å². The molecule has 122 valence electrons. The second-order valence-corrected chi connectivity index (χ2v) is 5.37. The molecule has 1 heterocycles. The molecule has 0 saturated heterocycles. The SMILES string of the molecule is CCC(C)OC(=O)C(C)n1c(=O)ccc2cc([N+](=O)[O-])ccc21. The molecular weight excluding hydrogens is 300 g/mol. The molecule has 0 aliphatic carbocycles. The molecule has 0 amide bonds. The van der Waals surface area contributed by atoms with Crippen molar-refractivity contribution in [3.05, 3.63) is 50.8 Å². The van der Waals surface area contributed by atoms with Crippen molar-refractivity contribution in [3.63, 3.8) is 0 Å². The molecule has 0 bridgehead atoms. The smallest absolute Gasteiger partial charge is 0.329 e. The molecular formula is C16H18N2O5. The van der Waals surface area contributed by atoms with E-state index in [2.05, 4.69) is 0 Å². The van der Waals surface area contributed by atoms with Crippen LogP contribution in [-0.2, 0) is 9.53 Å². The number of fused-ring (bicyclic) bond motifs is 1. The number of aromatic nitrogens is 1. The molecule has 2 atom stereocenters. The van der Waals surface area contributed by atoms with Gasteiger partial charge in [0, 0.05) is 23.6 Å². The number of carbonyl (C=O) groups excluding carboxylic acids is 1. The standard InChI is InChI=1S/C16H18N2O5/c1-4-10(2)23-16(20)11(3)17-14-7-6-13(18(21)22)9-12(14)5-8-15(17)19/h5-11H,4H2,1-3H3. The lowest BCUT2D eigenvalue weighted by Crippen LogP contribution is -2.30. The fourth-order valence-electron chi connectivity index (χ4n) is 2.25. The summed E-state index contributed by atoms with van der Waals surface area (Å²) in [6.45, 7) is 5.25. The third kappa shape index (κ3) is 3.39. The van der Waals surface area contributed by atoms with Gasteiger partial charge in [-0.3, -0.25) is 19.5 Å². The molecule has 2 rings (SSSR count). The van der Waals surface area contributed by atoms with Crippen LogP contribution in [0.4, 0.5) is 5.69 Å². The Morgan fingerprint density at radius 3 is 2.61 bits per heavy atom. The number of carbonyl (C=O) groups is 1. The zero-order valence-corrected chi connectivity index (χ0v) is 13.2. The Morgan fingerprint density at radius 2 is 2.00 bits per heavy atom. The number of nitro groups is 1. The van der Waals surface area contributed by atoms with E-state index >= 15 is 0 Å². The van der Waals surface area contributed by atoms with E-state index in [0.717, 1.165) is 0 Å². The second-order valence-electron chi connectivity index (χ2n) is 5.37. The van der Waals surface area contributed by atoms with Gasteiger partial charge in [0.05, 0.1) is 16.5 Å². The van der Waals surface area contributed by atoms with Gasteiger partial charge in [-0.15, -0.1) is 0 Å². The van der Waals surface area contributed by atoms with E-state index in [1.807, 2.05) is 6.92 Å². The van der Waals surface area contributed by atoms with E-state index in [-0.39, 0.29) is 17.4 Å².